The van der Waals surface area contributed by atoms with Crippen LogP contribution in [-0.2, 0) is 11.0 Å². The van der Waals surface area contributed by atoms with Gasteiger partial charge in [0.1, 0.15) is 11.9 Å². The molecule has 6 nitrogen and oxygen atoms in total. The number of amides is 1. The zero-order chi connectivity index (χ0) is 22.2. The lowest BCUT2D eigenvalue weighted by atomic mass is 10.1. The molecule has 1 atom stereocenters. The molecule has 0 spiro atoms. The van der Waals surface area contributed by atoms with E-state index >= 15 is 0 Å². The maximum atomic E-state index is 12.9. The molecular formula is C20H21ClF3N5O. The largest absolute Gasteiger partial charge is 0.434 e. The SMILES string of the molecule is Cc1nc(C(F)(F)F)cn1C(C)C(=O)Nc1cnn(-c2ccc(Cl)cc2)c1C(C)C. The van der Waals surface area contributed by atoms with Gasteiger partial charge < -0.3 is 9.88 Å². The van der Waals surface area contributed by atoms with E-state index in [1.165, 1.54) is 24.6 Å². The van der Waals surface area contributed by atoms with E-state index in [-0.39, 0.29) is 11.7 Å². The average Bonchev–Trinajstić information content (AvgIpc) is 3.25. The Morgan fingerprint density at radius 2 is 1.80 bits per heavy atom. The highest BCUT2D eigenvalue weighted by Gasteiger charge is 2.35. The van der Waals surface area contributed by atoms with Crippen LogP contribution >= 0.6 is 11.6 Å². The molecule has 0 radical (unpaired) electrons. The lowest BCUT2D eigenvalue weighted by Gasteiger charge is -2.17. The first-order chi connectivity index (χ1) is 14.0. The topological polar surface area (TPSA) is 64.7 Å². The zero-order valence-corrected chi connectivity index (χ0v) is 17.6. The Labute approximate surface area is 176 Å². The summed E-state index contributed by atoms with van der Waals surface area (Å²) in [4.78, 5) is 16.3. The Bertz CT molecular complexity index is 1050. The molecule has 0 aliphatic heterocycles. The van der Waals surface area contributed by atoms with Crippen molar-refractivity contribution in [1.82, 2.24) is 19.3 Å². The number of anilines is 1. The molecule has 3 aromatic rings. The molecule has 1 unspecified atom stereocenters. The molecule has 0 saturated heterocycles. The first-order valence-electron chi connectivity index (χ1n) is 9.26. The summed E-state index contributed by atoms with van der Waals surface area (Å²) >= 11 is 5.95. The number of aromatic nitrogens is 4. The monoisotopic (exact) mass is 439 g/mol. The van der Waals surface area contributed by atoms with Gasteiger partial charge in [0.2, 0.25) is 5.91 Å². The van der Waals surface area contributed by atoms with Gasteiger partial charge in [-0.3, -0.25) is 4.79 Å². The molecule has 2 heterocycles. The zero-order valence-electron chi connectivity index (χ0n) is 16.8. The van der Waals surface area contributed by atoms with E-state index in [4.69, 9.17) is 11.6 Å². The Morgan fingerprint density at radius 1 is 1.17 bits per heavy atom. The minimum absolute atomic E-state index is 0.0144. The highest BCUT2D eigenvalue weighted by molar-refractivity contribution is 6.30. The number of imidazole rings is 1. The van der Waals surface area contributed by atoms with Crippen molar-refractivity contribution in [2.45, 2.75) is 45.8 Å². The summed E-state index contributed by atoms with van der Waals surface area (Å²) < 4.78 is 41.7. The number of nitrogens with zero attached hydrogens (tertiary/aromatic N) is 4. The number of benzene rings is 1. The second-order valence-corrected chi connectivity index (χ2v) is 7.67. The van der Waals surface area contributed by atoms with Gasteiger partial charge in [-0.1, -0.05) is 25.4 Å². The molecule has 3 rings (SSSR count). The Kier molecular flexibility index (Phi) is 5.94. The molecule has 160 valence electrons. The second-order valence-electron chi connectivity index (χ2n) is 7.23. The molecule has 1 amide bonds. The smallest absolute Gasteiger partial charge is 0.322 e. The molecule has 0 fully saturated rings. The number of rotatable bonds is 5. The van der Waals surface area contributed by atoms with Crippen LogP contribution in [0.15, 0.2) is 36.7 Å². The highest BCUT2D eigenvalue weighted by atomic mass is 35.5. The number of halogens is 4. The third kappa shape index (κ3) is 4.35. The molecule has 0 aliphatic carbocycles. The molecule has 1 aromatic carbocycles. The normalized spacial score (nSPS) is 13.0. The van der Waals surface area contributed by atoms with Gasteiger partial charge in [0, 0.05) is 11.2 Å². The lowest BCUT2D eigenvalue weighted by Crippen LogP contribution is -2.24. The van der Waals surface area contributed by atoms with Crippen molar-refractivity contribution in [3.8, 4) is 5.69 Å². The van der Waals surface area contributed by atoms with E-state index < -0.39 is 23.8 Å². The number of carbonyl (C=O) groups excluding carboxylic acids is 1. The van der Waals surface area contributed by atoms with Gasteiger partial charge in [-0.05, 0) is 44.0 Å². The van der Waals surface area contributed by atoms with E-state index in [1.807, 2.05) is 26.0 Å². The number of hydrogen-bond acceptors (Lipinski definition) is 3. The maximum absolute atomic E-state index is 12.9. The predicted molar refractivity (Wildman–Crippen MR) is 108 cm³/mol. The summed E-state index contributed by atoms with van der Waals surface area (Å²) in [6, 6.07) is 6.20. The van der Waals surface area contributed by atoms with Crippen molar-refractivity contribution >= 4 is 23.2 Å². The minimum atomic E-state index is -4.57. The summed E-state index contributed by atoms with van der Waals surface area (Å²) in [5.41, 5.74) is 0.997. The fourth-order valence-corrected chi connectivity index (χ4v) is 3.30. The van der Waals surface area contributed by atoms with Gasteiger partial charge in [0.25, 0.3) is 0 Å². The van der Waals surface area contributed by atoms with Crippen LogP contribution in [0.25, 0.3) is 5.69 Å². The van der Waals surface area contributed by atoms with Crippen molar-refractivity contribution in [2.75, 3.05) is 5.32 Å². The quantitative estimate of drug-likeness (QED) is 0.581. The Hall–Kier alpha value is -2.81. The van der Waals surface area contributed by atoms with Gasteiger partial charge in [-0.25, -0.2) is 9.67 Å². The van der Waals surface area contributed by atoms with Crippen molar-refractivity contribution < 1.29 is 18.0 Å². The Morgan fingerprint density at radius 3 is 2.33 bits per heavy atom. The van der Waals surface area contributed by atoms with Crippen LogP contribution < -0.4 is 5.32 Å². The van der Waals surface area contributed by atoms with Crippen LogP contribution in [0.5, 0.6) is 0 Å². The van der Waals surface area contributed by atoms with Crippen LogP contribution in [0.4, 0.5) is 18.9 Å². The summed E-state index contributed by atoms with van der Waals surface area (Å²) in [6.45, 7) is 6.86. The number of nitrogens with one attached hydrogen (secondary N) is 1. The molecule has 0 bridgehead atoms. The molecular weight excluding hydrogens is 419 g/mol. The van der Waals surface area contributed by atoms with Crippen LogP contribution in [0.3, 0.4) is 0 Å². The van der Waals surface area contributed by atoms with E-state index in [9.17, 15) is 18.0 Å². The average molecular weight is 440 g/mol. The van der Waals surface area contributed by atoms with Crippen molar-refractivity contribution in [2.24, 2.45) is 0 Å². The van der Waals surface area contributed by atoms with E-state index in [0.717, 1.165) is 17.6 Å². The number of aryl methyl sites for hydroxylation is 1. The van der Waals surface area contributed by atoms with Gasteiger partial charge >= 0.3 is 6.18 Å². The third-order valence-electron chi connectivity index (χ3n) is 4.69. The van der Waals surface area contributed by atoms with E-state index in [0.29, 0.717) is 10.7 Å². The first kappa shape index (κ1) is 21.9. The fraction of sp³-hybridized carbons (Fsp3) is 0.350. The number of hydrogen-bond donors (Lipinski definition) is 1. The molecule has 10 heteroatoms. The molecule has 0 aliphatic rings. The highest BCUT2D eigenvalue weighted by Crippen LogP contribution is 2.31. The summed E-state index contributed by atoms with van der Waals surface area (Å²) in [6.07, 6.45) is -2.20. The predicted octanol–water partition coefficient (Wildman–Crippen LogP) is 5.37. The third-order valence-corrected chi connectivity index (χ3v) is 4.94. The molecule has 1 N–H and O–H groups in total. The maximum Gasteiger partial charge on any atom is 0.434 e. The summed E-state index contributed by atoms with van der Waals surface area (Å²) in [5, 5.41) is 7.75. The number of carbonyl (C=O) groups is 1. The van der Waals surface area contributed by atoms with Gasteiger partial charge in [-0.2, -0.15) is 18.3 Å². The van der Waals surface area contributed by atoms with E-state index in [1.54, 1.807) is 16.8 Å². The summed E-state index contributed by atoms with van der Waals surface area (Å²) in [5.74, 6) is -0.353. The first-order valence-corrected chi connectivity index (χ1v) is 9.64. The second kappa shape index (κ2) is 8.14. The van der Waals surface area contributed by atoms with Crippen LogP contribution in [0.2, 0.25) is 5.02 Å². The van der Waals surface area contributed by atoms with Crippen LogP contribution in [0.1, 0.15) is 49.9 Å². The number of alkyl halides is 3. The van der Waals surface area contributed by atoms with Gasteiger partial charge in [-0.15, -0.1) is 0 Å². The van der Waals surface area contributed by atoms with Crippen molar-refractivity contribution in [3.05, 3.63) is 58.9 Å². The van der Waals surface area contributed by atoms with Crippen molar-refractivity contribution in [1.29, 1.82) is 0 Å². The van der Waals surface area contributed by atoms with Crippen LogP contribution in [0, 0.1) is 6.92 Å². The van der Waals surface area contributed by atoms with Gasteiger partial charge in [0.15, 0.2) is 5.69 Å². The molecule has 0 saturated carbocycles. The van der Waals surface area contributed by atoms with Crippen LogP contribution in [-0.4, -0.2) is 25.2 Å². The van der Waals surface area contributed by atoms with E-state index in [2.05, 4.69) is 15.4 Å². The lowest BCUT2D eigenvalue weighted by molar-refractivity contribution is -0.141. The summed E-state index contributed by atoms with van der Waals surface area (Å²) in [7, 11) is 0. The standard InChI is InChI=1S/C20H21ClF3N5O/c1-11(2)18-16(9-25-29(18)15-7-5-14(21)6-8-15)27-19(30)12(3)28-10-17(20(22,23)24)26-13(28)4/h5-12H,1-4H3,(H,27,30). The minimum Gasteiger partial charge on any atom is -0.322 e. The Balaban J connectivity index is 1.88. The van der Waals surface area contributed by atoms with Gasteiger partial charge in [0.05, 0.1) is 23.3 Å². The molecule has 2 aromatic heterocycles. The fourth-order valence-electron chi connectivity index (χ4n) is 3.18. The van der Waals surface area contributed by atoms with Crippen molar-refractivity contribution in [3.63, 3.8) is 0 Å². The molecule has 30 heavy (non-hydrogen) atoms.